The average molecular weight is 320 g/mol. The Bertz CT molecular complexity index is 681. The molecule has 6 heteroatoms. The van der Waals surface area contributed by atoms with E-state index >= 15 is 0 Å². The highest BCUT2D eigenvalue weighted by Gasteiger charge is 2.28. The number of hydrogen-bond donors (Lipinski definition) is 0. The van der Waals surface area contributed by atoms with Crippen LogP contribution >= 0.6 is 11.3 Å². The van der Waals surface area contributed by atoms with E-state index in [4.69, 9.17) is 0 Å². The van der Waals surface area contributed by atoms with E-state index in [2.05, 4.69) is 9.72 Å². The molecule has 118 valence electrons. The summed E-state index contributed by atoms with van der Waals surface area (Å²) in [5.74, 6) is -1.21. The normalized spacial score (nSPS) is 12.4. The molecule has 1 aromatic carbocycles. The molecule has 1 heterocycles. The minimum atomic E-state index is -0.831. The molecule has 0 bridgehead atoms. The number of benzene rings is 1. The lowest BCUT2D eigenvalue weighted by molar-refractivity contribution is -0.160. The van der Waals surface area contributed by atoms with Crippen LogP contribution in [0.1, 0.15) is 26.3 Å². The van der Waals surface area contributed by atoms with Crippen LogP contribution in [0.2, 0.25) is 0 Å². The summed E-state index contributed by atoms with van der Waals surface area (Å²) >= 11 is 1.58. The van der Waals surface area contributed by atoms with Gasteiger partial charge in [-0.15, -0.1) is 11.3 Å². The molecular weight excluding hydrogens is 300 g/mol. The van der Waals surface area contributed by atoms with Crippen molar-refractivity contribution in [3.8, 4) is 0 Å². The number of esters is 1. The van der Waals surface area contributed by atoms with Crippen LogP contribution in [0, 0.1) is 5.92 Å². The van der Waals surface area contributed by atoms with Crippen molar-refractivity contribution in [1.29, 1.82) is 0 Å². The molecule has 0 aliphatic carbocycles. The van der Waals surface area contributed by atoms with Gasteiger partial charge >= 0.3 is 11.9 Å². The molecule has 0 spiro atoms. The molecule has 0 aliphatic rings. The number of methoxy groups -OCH3 is 1. The zero-order valence-corrected chi connectivity index (χ0v) is 14.0. The molecule has 2 aromatic rings. The van der Waals surface area contributed by atoms with Gasteiger partial charge < -0.3 is 9.64 Å². The number of aromatic nitrogens is 1. The van der Waals surface area contributed by atoms with E-state index in [0.717, 1.165) is 15.8 Å². The van der Waals surface area contributed by atoms with Crippen LogP contribution in [0.15, 0.2) is 23.7 Å². The van der Waals surface area contributed by atoms with Crippen molar-refractivity contribution >= 4 is 33.4 Å². The van der Waals surface area contributed by atoms with E-state index in [1.54, 1.807) is 21.7 Å². The molecule has 1 atom stereocenters. The van der Waals surface area contributed by atoms with Gasteiger partial charge in [-0.2, -0.15) is 0 Å². The first-order chi connectivity index (χ1) is 10.4. The monoisotopic (exact) mass is 320 g/mol. The van der Waals surface area contributed by atoms with Crippen LogP contribution in [0.4, 0.5) is 0 Å². The van der Waals surface area contributed by atoms with Crippen LogP contribution in [-0.2, 0) is 20.9 Å². The van der Waals surface area contributed by atoms with Crippen LogP contribution in [0.5, 0.6) is 0 Å². The summed E-state index contributed by atoms with van der Waals surface area (Å²) < 4.78 is 5.68. The zero-order valence-electron chi connectivity index (χ0n) is 13.2. The third-order valence-electron chi connectivity index (χ3n) is 3.83. The second-order valence-electron chi connectivity index (χ2n) is 5.56. The summed E-state index contributed by atoms with van der Waals surface area (Å²) in [6, 6.07) is 5.84. The second kappa shape index (κ2) is 6.87. The standard InChI is InChI=1S/C16H20N2O3S/c1-10(2)11(3)18(15(19)16(20)21-4)8-12-5-6-14-13(7-12)17-9-22-14/h5-7,9-11H,8H2,1-4H3/t11-/m1/s1. The fourth-order valence-corrected chi connectivity index (χ4v) is 2.82. The zero-order chi connectivity index (χ0) is 16.3. The minimum Gasteiger partial charge on any atom is -0.462 e. The maximum Gasteiger partial charge on any atom is 0.396 e. The molecule has 0 fully saturated rings. The smallest absolute Gasteiger partial charge is 0.396 e. The highest BCUT2D eigenvalue weighted by Crippen LogP contribution is 2.21. The van der Waals surface area contributed by atoms with Gasteiger partial charge in [0.2, 0.25) is 0 Å². The van der Waals surface area contributed by atoms with Crippen molar-refractivity contribution < 1.29 is 14.3 Å². The molecule has 2 rings (SSSR count). The highest BCUT2D eigenvalue weighted by molar-refractivity contribution is 7.16. The molecule has 5 nitrogen and oxygen atoms in total. The van der Waals surface area contributed by atoms with Crippen molar-refractivity contribution in [1.82, 2.24) is 9.88 Å². The largest absolute Gasteiger partial charge is 0.462 e. The van der Waals surface area contributed by atoms with Crippen molar-refractivity contribution in [2.75, 3.05) is 7.11 Å². The number of carbonyl (C=O) groups excluding carboxylic acids is 2. The summed E-state index contributed by atoms with van der Waals surface area (Å²) in [6.45, 7) is 6.34. The lowest BCUT2D eigenvalue weighted by atomic mass is 10.0. The number of ether oxygens (including phenoxy) is 1. The van der Waals surface area contributed by atoms with Crippen molar-refractivity contribution in [3.05, 3.63) is 29.3 Å². The lowest BCUT2D eigenvalue weighted by Gasteiger charge is -2.31. The Labute approximate surface area is 133 Å². The molecule has 0 unspecified atom stereocenters. The molecular formula is C16H20N2O3S. The number of carbonyl (C=O) groups is 2. The van der Waals surface area contributed by atoms with E-state index < -0.39 is 11.9 Å². The Hall–Kier alpha value is -1.95. The predicted molar refractivity (Wildman–Crippen MR) is 86.5 cm³/mol. The second-order valence-corrected chi connectivity index (χ2v) is 6.45. The summed E-state index contributed by atoms with van der Waals surface area (Å²) in [4.78, 5) is 29.7. The Morgan fingerprint density at radius 1 is 1.32 bits per heavy atom. The summed E-state index contributed by atoms with van der Waals surface area (Å²) in [5, 5.41) is 0. The van der Waals surface area contributed by atoms with Crippen LogP contribution in [0.25, 0.3) is 10.2 Å². The Morgan fingerprint density at radius 2 is 2.05 bits per heavy atom. The summed E-state index contributed by atoms with van der Waals surface area (Å²) in [5.41, 5.74) is 3.65. The first-order valence-corrected chi connectivity index (χ1v) is 8.03. The Morgan fingerprint density at radius 3 is 2.68 bits per heavy atom. The maximum absolute atomic E-state index is 12.3. The molecule has 0 radical (unpaired) electrons. The average Bonchev–Trinajstić information content (AvgIpc) is 2.97. The van der Waals surface area contributed by atoms with Gasteiger partial charge in [0.25, 0.3) is 0 Å². The van der Waals surface area contributed by atoms with Gasteiger partial charge in [-0.1, -0.05) is 19.9 Å². The third-order valence-corrected chi connectivity index (χ3v) is 4.64. The van der Waals surface area contributed by atoms with E-state index in [1.807, 2.05) is 39.0 Å². The SMILES string of the molecule is COC(=O)C(=O)N(Cc1ccc2scnc2c1)[C@H](C)C(C)C. The number of rotatable bonds is 4. The van der Waals surface area contributed by atoms with E-state index in [1.165, 1.54) is 7.11 Å². The van der Waals surface area contributed by atoms with Gasteiger partial charge in [0, 0.05) is 12.6 Å². The quantitative estimate of drug-likeness (QED) is 0.642. The first-order valence-electron chi connectivity index (χ1n) is 7.15. The van der Waals surface area contributed by atoms with Gasteiger partial charge in [0.1, 0.15) is 0 Å². The van der Waals surface area contributed by atoms with Crippen molar-refractivity contribution in [3.63, 3.8) is 0 Å². The first kappa shape index (κ1) is 16.4. The molecule has 1 aromatic heterocycles. The fraction of sp³-hybridized carbons (Fsp3) is 0.438. The maximum atomic E-state index is 12.3. The molecule has 0 aliphatic heterocycles. The van der Waals surface area contributed by atoms with E-state index in [-0.39, 0.29) is 12.0 Å². The van der Waals surface area contributed by atoms with Crippen LogP contribution < -0.4 is 0 Å². The third kappa shape index (κ3) is 3.44. The van der Waals surface area contributed by atoms with Gasteiger partial charge in [-0.25, -0.2) is 9.78 Å². The van der Waals surface area contributed by atoms with Crippen LogP contribution in [-0.4, -0.2) is 34.9 Å². The summed E-state index contributed by atoms with van der Waals surface area (Å²) in [6.07, 6.45) is 0. The summed E-state index contributed by atoms with van der Waals surface area (Å²) in [7, 11) is 1.22. The molecule has 0 saturated heterocycles. The molecule has 0 N–H and O–H groups in total. The molecule has 1 amide bonds. The van der Waals surface area contributed by atoms with Crippen molar-refractivity contribution in [2.24, 2.45) is 5.92 Å². The minimum absolute atomic E-state index is 0.0715. The predicted octanol–water partition coefficient (Wildman–Crippen LogP) is 2.84. The van der Waals surface area contributed by atoms with Gasteiger partial charge in [0.15, 0.2) is 0 Å². The number of nitrogens with zero attached hydrogens (tertiary/aromatic N) is 2. The Balaban J connectivity index is 2.28. The number of fused-ring (bicyclic) bond motifs is 1. The Kier molecular flexibility index (Phi) is 5.13. The van der Waals surface area contributed by atoms with E-state index in [9.17, 15) is 9.59 Å². The van der Waals surface area contributed by atoms with E-state index in [0.29, 0.717) is 6.54 Å². The number of hydrogen-bond acceptors (Lipinski definition) is 5. The van der Waals surface area contributed by atoms with Crippen LogP contribution in [0.3, 0.4) is 0 Å². The highest BCUT2D eigenvalue weighted by atomic mass is 32.1. The van der Waals surface area contributed by atoms with Gasteiger partial charge in [0.05, 0.1) is 22.8 Å². The van der Waals surface area contributed by atoms with Gasteiger partial charge in [-0.05, 0) is 30.5 Å². The number of thiazole rings is 1. The molecule has 0 saturated carbocycles. The number of amides is 1. The van der Waals surface area contributed by atoms with Gasteiger partial charge in [-0.3, -0.25) is 4.79 Å². The topological polar surface area (TPSA) is 59.5 Å². The fourth-order valence-electron chi connectivity index (χ4n) is 2.16. The lowest BCUT2D eigenvalue weighted by Crippen LogP contribution is -2.44. The van der Waals surface area contributed by atoms with Crippen molar-refractivity contribution in [2.45, 2.75) is 33.4 Å². The molecule has 22 heavy (non-hydrogen) atoms.